The lowest BCUT2D eigenvalue weighted by Crippen LogP contribution is -2.46. The molecule has 0 aliphatic carbocycles. The van der Waals surface area contributed by atoms with Crippen LogP contribution >= 0.6 is 23.1 Å². The Morgan fingerprint density at radius 3 is 2.38 bits per heavy atom. The number of aromatic nitrogens is 1. The fraction of sp³-hybridized carbons (Fsp3) is 0.421. The van der Waals surface area contributed by atoms with Crippen molar-refractivity contribution in [2.24, 2.45) is 0 Å². The highest BCUT2D eigenvalue weighted by atomic mass is 32.2. The van der Waals surface area contributed by atoms with Gasteiger partial charge in [-0.1, -0.05) is 0 Å². The molecule has 0 aliphatic rings. The number of carbonyl (C=O) groups is 2. The molecule has 0 saturated heterocycles. The van der Waals surface area contributed by atoms with Gasteiger partial charge in [0.05, 0.1) is 39.1 Å². The maximum Gasteiger partial charge on any atom is 0.252 e. The van der Waals surface area contributed by atoms with Gasteiger partial charge in [-0.25, -0.2) is 4.98 Å². The molecule has 0 fully saturated rings. The molecule has 1 aromatic heterocycles. The van der Waals surface area contributed by atoms with Crippen molar-refractivity contribution in [3.8, 4) is 17.2 Å². The molecule has 8 nitrogen and oxygen atoms in total. The highest BCUT2D eigenvalue weighted by molar-refractivity contribution is 7.98. The number of amides is 2. The zero-order chi connectivity index (χ0) is 21.2. The van der Waals surface area contributed by atoms with E-state index in [1.165, 1.54) is 32.7 Å². The number of nitrogens with zero attached hydrogens (tertiary/aromatic N) is 1. The van der Waals surface area contributed by atoms with Crippen LogP contribution in [0.15, 0.2) is 23.0 Å². The van der Waals surface area contributed by atoms with Crippen molar-refractivity contribution < 1.29 is 23.8 Å². The second-order valence-corrected chi connectivity index (χ2v) is 7.62. The van der Waals surface area contributed by atoms with Crippen LogP contribution in [0.4, 0.5) is 0 Å². The van der Waals surface area contributed by atoms with Gasteiger partial charge in [0.1, 0.15) is 6.04 Å². The fourth-order valence-electron chi connectivity index (χ4n) is 2.58. The van der Waals surface area contributed by atoms with Crippen molar-refractivity contribution in [1.82, 2.24) is 15.6 Å². The second kappa shape index (κ2) is 11.5. The van der Waals surface area contributed by atoms with Gasteiger partial charge in [0.15, 0.2) is 11.5 Å². The van der Waals surface area contributed by atoms with Crippen LogP contribution < -0.4 is 24.8 Å². The molecular weight excluding hydrogens is 414 g/mol. The van der Waals surface area contributed by atoms with Crippen molar-refractivity contribution in [1.29, 1.82) is 0 Å². The molecule has 0 spiro atoms. The average Bonchev–Trinajstić information content (AvgIpc) is 3.27. The third-order valence-corrected chi connectivity index (χ3v) is 5.37. The first kappa shape index (κ1) is 22.8. The number of ether oxygens (including phenoxy) is 3. The van der Waals surface area contributed by atoms with Crippen molar-refractivity contribution in [2.45, 2.75) is 19.0 Å². The maximum absolute atomic E-state index is 12.8. The first-order valence-electron chi connectivity index (χ1n) is 8.78. The van der Waals surface area contributed by atoms with Gasteiger partial charge in [0.2, 0.25) is 11.7 Å². The van der Waals surface area contributed by atoms with E-state index in [1.807, 2.05) is 11.6 Å². The van der Waals surface area contributed by atoms with E-state index in [9.17, 15) is 9.59 Å². The number of benzene rings is 1. The standard InChI is InChI=1S/C19H25N3O5S2/c1-25-15-7-12(8-16(26-2)17(15)27-3)18(23)22-14(5-6-28-4)19(24)20-9-13-10-29-11-21-13/h7-8,10-11,14H,5-6,9H2,1-4H3,(H,20,24)(H,22,23)/t14-/m0/s1. The van der Waals surface area contributed by atoms with E-state index in [1.54, 1.807) is 29.4 Å². The van der Waals surface area contributed by atoms with Crippen LogP contribution in [0.2, 0.25) is 0 Å². The topological polar surface area (TPSA) is 98.8 Å². The minimum atomic E-state index is -0.673. The number of thioether (sulfide) groups is 1. The summed E-state index contributed by atoms with van der Waals surface area (Å²) < 4.78 is 15.9. The number of rotatable bonds is 11. The van der Waals surface area contributed by atoms with Gasteiger partial charge in [-0.15, -0.1) is 11.3 Å². The van der Waals surface area contributed by atoms with Gasteiger partial charge < -0.3 is 24.8 Å². The number of thiazole rings is 1. The summed E-state index contributed by atoms with van der Waals surface area (Å²) in [6.45, 7) is 0.318. The molecule has 158 valence electrons. The summed E-state index contributed by atoms with van der Waals surface area (Å²) >= 11 is 3.07. The molecule has 2 aromatic rings. The van der Waals surface area contributed by atoms with Crippen LogP contribution in [-0.2, 0) is 11.3 Å². The largest absolute Gasteiger partial charge is 0.493 e. The molecule has 0 unspecified atom stereocenters. The van der Waals surface area contributed by atoms with Gasteiger partial charge >= 0.3 is 0 Å². The van der Waals surface area contributed by atoms with Gasteiger partial charge in [-0.05, 0) is 30.6 Å². The maximum atomic E-state index is 12.8. The van der Waals surface area contributed by atoms with E-state index in [0.717, 1.165) is 11.4 Å². The molecule has 1 heterocycles. The molecule has 1 aromatic carbocycles. The summed E-state index contributed by atoms with van der Waals surface area (Å²) in [4.78, 5) is 29.6. The second-order valence-electron chi connectivity index (χ2n) is 5.92. The molecule has 0 saturated carbocycles. The molecule has 2 N–H and O–H groups in total. The highest BCUT2D eigenvalue weighted by Gasteiger charge is 2.23. The van der Waals surface area contributed by atoms with E-state index in [4.69, 9.17) is 14.2 Å². The zero-order valence-electron chi connectivity index (χ0n) is 16.8. The SMILES string of the molecule is COc1cc(C(=O)N[C@@H](CCSC)C(=O)NCc2cscn2)cc(OC)c1OC. The number of methoxy groups -OCH3 is 3. The normalized spacial score (nSPS) is 11.4. The summed E-state index contributed by atoms with van der Waals surface area (Å²) in [6.07, 6.45) is 2.45. The molecule has 0 radical (unpaired) electrons. The lowest BCUT2D eigenvalue weighted by molar-refractivity contribution is -0.123. The van der Waals surface area contributed by atoms with E-state index < -0.39 is 11.9 Å². The molecule has 10 heteroatoms. The third-order valence-electron chi connectivity index (χ3n) is 4.09. The predicted molar refractivity (Wildman–Crippen MR) is 114 cm³/mol. The Morgan fingerprint density at radius 2 is 1.86 bits per heavy atom. The zero-order valence-corrected chi connectivity index (χ0v) is 18.4. The van der Waals surface area contributed by atoms with Crippen LogP contribution in [0.25, 0.3) is 0 Å². The smallest absolute Gasteiger partial charge is 0.252 e. The lowest BCUT2D eigenvalue weighted by atomic mass is 10.1. The van der Waals surface area contributed by atoms with Gasteiger partial charge in [-0.2, -0.15) is 11.8 Å². The third kappa shape index (κ3) is 6.26. The van der Waals surface area contributed by atoms with Crippen LogP contribution in [0.3, 0.4) is 0 Å². The Kier molecular flexibility index (Phi) is 9.07. The van der Waals surface area contributed by atoms with Crippen molar-refractivity contribution in [3.05, 3.63) is 34.3 Å². The minimum absolute atomic E-state index is 0.257. The average molecular weight is 440 g/mol. The summed E-state index contributed by atoms with van der Waals surface area (Å²) in [7, 11) is 4.45. The fourth-order valence-corrected chi connectivity index (χ4v) is 3.61. The predicted octanol–water partition coefficient (Wildman–Crippen LogP) is 2.34. The first-order chi connectivity index (χ1) is 14.0. The minimum Gasteiger partial charge on any atom is -0.493 e. The highest BCUT2D eigenvalue weighted by Crippen LogP contribution is 2.38. The molecule has 2 amide bonds. The quantitative estimate of drug-likeness (QED) is 0.554. The Balaban J connectivity index is 2.15. The summed E-state index contributed by atoms with van der Waals surface area (Å²) in [5, 5.41) is 7.50. The number of hydrogen-bond acceptors (Lipinski definition) is 8. The monoisotopic (exact) mass is 439 g/mol. The van der Waals surface area contributed by atoms with Gasteiger partial charge in [0.25, 0.3) is 5.91 Å². The van der Waals surface area contributed by atoms with Crippen LogP contribution in [0.1, 0.15) is 22.5 Å². The van der Waals surface area contributed by atoms with Crippen molar-refractivity contribution in [3.63, 3.8) is 0 Å². The Labute approximate surface area is 178 Å². The van der Waals surface area contributed by atoms with Gasteiger partial charge in [-0.3, -0.25) is 9.59 Å². The Hall–Kier alpha value is -2.46. The molecular formula is C19H25N3O5S2. The van der Waals surface area contributed by atoms with E-state index in [2.05, 4.69) is 15.6 Å². The van der Waals surface area contributed by atoms with E-state index >= 15 is 0 Å². The lowest BCUT2D eigenvalue weighted by Gasteiger charge is -2.19. The molecule has 1 atom stereocenters. The summed E-state index contributed by atoms with van der Waals surface area (Å²) in [5.41, 5.74) is 2.79. The van der Waals surface area contributed by atoms with Gasteiger partial charge in [0, 0.05) is 10.9 Å². The van der Waals surface area contributed by atoms with E-state index in [-0.39, 0.29) is 5.91 Å². The van der Waals surface area contributed by atoms with Crippen LogP contribution in [0, 0.1) is 0 Å². The number of carbonyl (C=O) groups excluding carboxylic acids is 2. The molecule has 2 rings (SSSR count). The molecule has 29 heavy (non-hydrogen) atoms. The molecule has 0 bridgehead atoms. The number of hydrogen-bond donors (Lipinski definition) is 2. The summed E-state index contributed by atoms with van der Waals surface area (Å²) in [5.74, 6) is 1.19. The number of nitrogens with one attached hydrogen (secondary N) is 2. The molecule has 0 aliphatic heterocycles. The van der Waals surface area contributed by atoms with Crippen molar-refractivity contribution >= 4 is 34.9 Å². The van der Waals surface area contributed by atoms with E-state index in [0.29, 0.717) is 35.8 Å². The van der Waals surface area contributed by atoms with Crippen molar-refractivity contribution in [2.75, 3.05) is 33.3 Å². The van der Waals surface area contributed by atoms with Crippen LogP contribution in [0.5, 0.6) is 17.2 Å². The Morgan fingerprint density at radius 1 is 1.17 bits per heavy atom. The first-order valence-corrected chi connectivity index (χ1v) is 11.1. The summed E-state index contributed by atoms with van der Waals surface area (Å²) in [6, 6.07) is 2.43. The Bertz CT molecular complexity index is 789. The van der Waals surface area contributed by atoms with Crippen LogP contribution in [-0.4, -0.2) is 56.2 Å².